The summed E-state index contributed by atoms with van der Waals surface area (Å²) in [5.41, 5.74) is 0.110. The molecule has 0 bridgehead atoms. The third kappa shape index (κ3) is 3.41. The Balaban J connectivity index is 2.20. The van der Waals surface area contributed by atoms with Gasteiger partial charge < -0.3 is 9.88 Å². The fraction of sp³-hybridized carbons (Fsp3) is 0.750. The molecule has 0 saturated heterocycles. The Morgan fingerprint density at radius 1 is 1.40 bits per heavy atom. The van der Waals surface area contributed by atoms with Gasteiger partial charge in [0.2, 0.25) is 0 Å². The summed E-state index contributed by atoms with van der Waals surface area (Å²) in [4.78, 5) is 16.7. The second-order valence-electron chi connectivity index (χ2n) is 7.72. The lowest BCUT2D eigenvalue weighted by Crippen LogP contribution is -2.38. The second-order valence-corrected chi connectivity index (χ2v) is 7.72. The van der Waals surface area contributed by atoms with Gasteiger partial charge in [-0.2, -0.15) is 0 Å². The van der Waals surface area contributed by atoms with E-state index in [9.17, 15) is 4.79 Å². The minimum atomic E-state index is -0.220. The number of rotatable bonds is 2. The van der Waals surface area contributed by atoms with Crippen LogP contribution in [0.3, 0.4) is 0 Å². The van der Waals surface area contributed by atoms with Crippen molar-refractivity contribution in [3.8, 4) is 0 Å². The Labute approximate surface area is 121 Å². The van der Waals surface area contributed by atoms with Crippen LogP contribution >= 0.6 is 0 Å². The van der Waals surface area contributed by atoms with Crippen LogP contribution in [0.2, 0.25) is 0 Å². The molecular formula is C16H27N3O. The predicted octanol–water partition coefficient (Wildman–Crippen LogP) is 3.38. The summed E-state index contributed by atoms with van der Waals surface area (Å²) in [6.07, 6.45) is 8.17. The lowest BCUT2D eigenvalue weighted by atomic mass is 9.75. The third-order valence-corrected chi connectivity index (χ3v) is 4.11. The highest BCUT2D eigenvalue weighted by Gasteiger charge is 2.28. The molecule has 0 spiro atoms. The molecule has 1 saturated carbocycles. The maximum atomic E-state index is 12.5. The van der Waals surface area contributed by atoms with E-state index in [1.165, 1.54) is 12.8 Å². The van der Waals surface area contributed by atoms with Crippen molar-refractivity contribution >= 4 is 5.82 Å². The molecule has 0 aromatic carbocycles. The zero-order valence-electron chi connectivity index (χ0n) is 13.4. The molecule has 1 aromatic heterocycles. The lowest BCUT2D eigenvalue weighted by molar-refractivity contribution is 0.229. The summed E-state index contributed by atoms with van der Waals surface area (Å²) in [7, 11) is 0. The van der Waals surface area contributed by atoms with Crippen molar-refractivity contribution in [1.82, 2.24) is 9.55 Å². The minimum Gasteiger partial charge on any atom is -0.363 e. The van der Waals surface area contributed by atoms with Gasteiger partial charge in [-0.05, 0) is 45.4 Å². The molecule has 112 valence electrons. The van der Waals surface area contributed by atoms with E-state index in [0.29, 0.717) is 17.3 Å². The molecule has 4 heteroatoms. The van der Waals surface area contributed by atoms with Crippen molar-refractivity contribution < 1.29 is 0 Å². The van der Waals surface area contributed by atoms with Crippen molar-refractivity contribution in [2.75, 3.05) is 5.32 Å². The molecule has 1 heterocycles. The molecule has 4 nitrogen and oxygen atoms in total. The van der Waals surface area contributed by atoms with Crippen LogP contribution in [-0.2, 0) is 5.54 Å². The fourth-order valence-electron chi connectivity index (χ4n) is 3.05. The number of hydrogen-bond acceptors (Lipinski definition) is 3. The van der Waals surface area contributed by atoms with Crippen molar-refractivity contribution in [1.29, 1.82) is 0 Å². The Hall–Kier alpha value is -1.32. The Morgan fingerprint density at radius 3 is 2.70 bits per heavy atom. The van der Waals surface area contributed by atoms with Gasteiger partial charge in [-0.15, -0.1) is 0 Å². The summed E-state index contributed by atoms with van der Waals surface area (Å²) < 4.78 is 1.75. The third-order valence-electron chi connectivity index (χ3n) is 4.11. The van der Waals surface area contributed by atoms with E-state index in [4.69, 9.17) is 0 Å². The monoisotopic (exact) mass is 277 g/mol. The molecule has 1 unspecified atom stereocenters. The largest absolute Gasteiger partial charge is 0.363 e. The van der Waals surface area contributed by atoms with Crippen LogP contribution in [0.4, 0.5) is 5.82 Å². The van der Waals surface area contributed by atoms with E-state index in [-0.39, 0.29) is 11.1 Å². The molecule has 1 atom stereocenters. The molecule has 0 aliphatic heterocycles. The molecule has 1 aliphatic carbocycles. The average molecular weight is 277 g/mol. The Morgan fingerprint density at radius 2 is 2.10 bits per heavy atom. The standard InChI is InChI=1S/C16H27N3O/c1-15(2,3)19-10-9-17-13(14(19)20)18-12-7-6-8-16(4,5)11-12/h9-10,12H,6-8,11H2,1-5H3,(H,17,18). The van der Waals surface area contributed by atoms with Crippen LogP contribution in [-0.4, -0.2) is 15.6 Å². The van der Waals surface area contributed by atoms with E-state index in [0.717, 1.165) is 12.8 Å². The van der Waals surface area contributed by atoms with E-state index in [2.05, 4.69) is 24.1 Å². The second kappa shape index (κ2) is 5.23. The smallest absolute Gasteiger partial charge is 0.293 e. The first-order chi connectivity index (χ1) is 9.19. The quantitative estimate of drug-likeness (QED) is 0.901. The average Bonchev–Trinajstić information content (AvgIpc) is 2.29. The zero-order valence-corrected chi connectivity index (χ0v) is 13.4. The van der Waals surface area contributed by atoms with E-state index in [1.54, 1.807) is 17.0 Å². The molecule has 0 radical (unpaired) electrons. The van der Waals surface area contributed by atoms with Gasteiger partial charge in [0.25, 0.3) is 5.56 Å². The highest BCUT2D eigenvalue weighted by molar-refractivity contribution is 5.33. The summed E-state index contributed by atoms with van der Waals surface area (Å²) in [6.45, 7) is 10.7. The molecule has 1 aromatic rings. The summed E-state index contributed by atoms with van der Waals surface area (Å²) in [5, 5.41) is 3.37. The molecule has 2 rings (SSSR count). The summed E-state index contributed by atoms with van der Waals surface area (Å²) >= 11 is 0. The van der Waals surface area contributed by atoms with Crippen LogP contribution in [0.25, 0.3) is 0 Å². The topological polar surface area (TPSA) is 46.9 Å². The van der Waals surface area contributed by atoms with E-state index in [1.807, 2.05) is 20.8 Å². The van der Waals surface area contributed by atoms with Gasteiger partial charge in [-0.25, -0.2) is 4.98 Å². The van der Waals surface area contributed by atoms with Crippen molar-refractivity contribution in [3.63, 3.8) is 0 Å². The van der Waals surface area contributed by atoms with Gasteiger partial charge in [-0.3, -0.25) is 4.79 Å². The zero-order chi connectivity index (χ0) is 15.0. The van der Waals surface area contributed by atoms with E-state index < -0.39 is 0 Å². The van der Waals surface area contributed by atoms with Crippen molar-refractivity contribution in [3.05, 3.63) is 22.7 Å². The van der Waals surface area contributed by atoms with E-state index >= 15 is 0 Å². The van der Waals surface area contributed by atoms with Gasteiger partial charge >= 0.3 is 0 Å². The Kier molecular flexibility index (Phi) is 3.94. The maximum Gasteiger partial charge on any atom is 0.293 e. The van der Waals surface area contributed by atoms with Crippen molar-refractivity contribution in [2.24, 2.45) is 5.41 Å². The first-order valence-electron chi connectivity index (χ1n) is 7.54. The maximum absolute atomic E-state index is 12.5. The van der Waals surface area contributed by atoms with Gasteiger partial charge in [0, 0.05) is 24.0 Å². The number of aromatic nitrogens is 2. The first-order valence-corrected chi connectivity index (χ1v) is 7.54. The number of nitrogens with zero attached hydrogens (tertiary/aromatic N) is 2. The Bertz CT molecular complexity index is 525. The van der Waals surface area contributed by atoms with Gasteiger partial charge in [0.05, 0.1) is 0 Å². The highest BCUT2D eigenvalue weighted by Crippen LogP contribution is 2.35. The number of anilines is 1. The van der Waals surface area contributed by atoms with Crippen LogP contribution in [0, 0.1) is 5.41 Å². The van der Waals surface area contributed by atoms with Crippen LogP contribution < -0.4 is 10.9 Å². The van der Waals surface area contributed by atoms with Gasteiger partial charge in [0.15, 0.2) is 5.82 Å². The highest BCUT2D eigenvalue weighted by atomic mass is 16.1. The predicted molar refractivity (Wildman–Crippen MR) is 83.2 cm³/mol. The first kappa shape index (κ1) is 15.1. The SMILES string of the molecule is CC1(C)CCCC(Nc2nccn(C(C)(C)C)c2=O)C1. The summed E-state index contributed by atoms with van der Waals surface area (Å²) in [6, 6.07) is 0.356. The summed E-state index contributed by atoms with van der Waals surface area (Å²) in [5.74, 6) is 0.491. The number of hydrogen-bond donors (Lipinski definition) is 1. The van der Waals surface area contributed by atoms with Gasteiger partial charge in [0.1, 0.15) is 0 Å². The van der Waals surface area contributed by atoms with Crippen LogP contribution in [0.1, 0.15) is 60.3 Å². The minimum absolute atomic E-state index is 0.0246. The molecule has 1 fully saturated rings. The molecule has 20 heavy (non-hydrogen) atoms. The molecule has 1 aliphatic rings. The lowest BCUT2D eigenvalue weighted by Gasteiger charge is -2.35. The van der Waals surface area contributed by atoms with Gasteiger partial charge in [-0.1, -0.05) is 20.3 Å². The van der Waals surface area contributed by atoms with Crippen LogP contribution in [0.15, 0.2) is 17.2 Å². The molecular weight excluding hydrogens is 250 g/mol. The normalized spacial score (nSPS) is 22.6. The fourth-order valence-corrected chi connectivity index (χ4v) is 3.05. The molecule has 0 amide bonds. The molecule has 1 N–H and O–H groups in total. The van der Waals surface area contributed by atoms with Crippen LogP contribution in [0.5, 0.6) is 0 Å². The van der Waals surface area contributed by atoms with Crippen molar-refractivity contribution in [2.45, 2.75) is 71.9 Å². The number of nitrogens with one attached hydrogen (secondary N) is 1.